The minimum absolute atomic E-state index is 0.250. The van der Waals surface area contributed by atoms with E-state index in [1.165, 1.54) is 6.07 Å². The average molecular weight is 241 g/mol. The van der Waals surface area contributed by atoms with Crippen LogP contribution in [0, 0.1) is 0 Å². The van der Waals surface area contributed by atoms with E-state index >= 15 is 0 Å². The van der Waals surface area contributed by atoms with Crippen molar-refractivity contribution >= 4 is 27.4 Å². The lowest BCUT2D eigenvalue weighted by atomic mass is 10.2. The van der Waals surface area contributed by atoms with Gasteiger partial charge in [0.1, 0.15) is 4.60 Å². The molecule has 0 amide bonds. The van der Waals surface area contributed by atoms with Crippen LogP contribution in [-0.4, -0.2) is 20.7 Å². The van der Waals surface area contributed by atoms with Gasteiger partial charge in [-0.25, -0.2) is 9.31 Å². The second-order valence-corrected chi connectivity index (χ2v) is 3.35. The van der Waals surface area contributed by atoms with Crippen LogP contribution < -0.4 is 0 Å². The number of aromatic carboxylic acids is 1. The third-order valence-corrected chi connectivity index (χ3v) is 2.26. The summed E-state index contributed by atoms with van der Waals surface area (Å²) in [6, 6.07) is 4.83. The van der Waals surface area contributed by atoms with Crippen molar-refractivity contribution in [3.8, 4) is 0 Å². The Labute approximate surface area is 81.9 Å². The molecule has 2 aromatic heterocycles. The predicted molar refractivity (Wildman–Crippen MR) is 49.9 cm³/mol. The largest absolute Gasteiger partial charge is 0.478 e. The zero-order valence-corrected chi connectivity index (χ0v) is 8.02. The number of rotatable bonds is 1. The summed E-state index contributed by atoms with van der Waals surface area (Å²) >= 11 is 3.23. The van der Waals surface area contributed by atoms with Gasteiger partial charge >= 0.3 is 5.97 Å². The van der Waals surface area contributed by atoms with Gasteiger partial charge in [0.05, 0.1) is 17.3 Å². The topological polar surface area (TPSA) is 54.6 Å². The molecule has 2 rings (SSSR count). The van der Waals surface area contributed by atoms with Gasteiger partial charge in [0.25, 0.3) is 0 Å². The minimum atomic E-state index is -0.940. The molecule has 0 fully saturated rings. The van der Waals surface area contributed by atoms with Crippen LogP contribution in [-0.2, 0) is 0 Å². The number of pyridine rings is 1. The summed E-state index contributed by atoms with van der Waals surface area (Å²) in [6.45, 7) is 0. The standard InChI is InChI=1S/C8H5BrN2O2/c9-7-4-5(8(12)13)3-6-1-2-10-11(6)7/h1-4H,(H,12,13). The fourth-order valence-electron chi connectivity index (χ4n) is 1.12. The van der Waals surface area contributed by atoms with Crippen LogP contribution in [0.5, 0.6) is 0 Å². The Morgan fingerprint density at radius 2 is 2.31 bits per heavy atom. The maximum absolute atomic E-state index is 10.7. The summed E-state index contributed by atoms with van der Waals surface area (Å²) in [4.78, 5) is 10.7. The molecule has 5 heteroatoms. The molecular formula is C8H5BrN2O2. The van der Waals surface area contributed by atoms with Crippen LogP contribution in [0.25, 0.3) is 5.52 Å². The fraction of sp³-hybridized carbons (Fsp3) is 0. The SMILES string of the molecule is O=C(O)c1cc(Br)n2nccc2c1. The van der Waals surface area contributed by atoms with Crippen molar-refractivity contribution in [1.82, 2.24) is 9.61 Å². The molecular weight excluding hydrogens is 236 g/mol. The fourth-order valence-corrected chi connectivity index (χ4v) is 1.66. The normalized spacial score (nSPS) is 10.5. The van der Waals surface area contributed by atoms with E-state index in [0.717, 1.165) is 5.52 Å². The smallest absolute Gasteiger partial charge is 0.335 e. The Balaban J connectivity index is 2.77. The zero-order chi connectivity index (χ0) is 9.42. The van der Waals surface area contributed by atoms with Gasteiger partial charge < -0.3 is 5.11 Å². The second kappa shape index (κ2) is 2.85. The highest BCUT2D eigenvalue weighted by Crippen LogP contribution is 2.15. The molecule has 0 aromatic carbocycles. The minimum Gasteiger partial charge on any atom is -0.478 e. The van der Waals surface area contributed by atoms with Gasteiger partial charge in [0, 0.05) is 0 Å². The van der Waals surface area contributed by atoms with E-state index in [9.17, 15) is 4.79 Å². The highest BCUT2D eigenvalue weighted by atomic mass is 79.9. The Morgan fingerprint density at radius 3 is 3.00 bits per heavy atom. The van der Waals surface area contributed by atoms with Crippen LogP contribution >= 0.6 is 15.9 Å². The quantitative estimate of drug-likeness (QED) is 0.774. The Hall–Kier alpha value is -1.36. The molecule has 0 bridgehead atoms. The van der Waals surface area contributed by atoms with Gasteiger partial charge in [-0.15, -0.1) is 0 Å². The van der Waals surface area contributed by atoms with Crippen LogP contribution in [0.1, 0.15) is 10.4 Å². The van der Waals surface area contributed by atoms with Gasteiger partial charge in [-0.2, -0.15) is 5.10 Å². The third kappa shape index (κ3) is 1.31. The van der Waals surface area contributed by atoms with Gasteiger partial charge in [-0.1, -0.05) is 0 Å². The lowest BCUT2D eigenvalue weighted by Gasteiger charge is -1.99. The average Bonchev–Trinajstić information content (AvgIpc) is 2.51. The number of carboxylic acids is 1. The predicted octanol–water partition coefficient (Wildman–Crippen LogP) is 1.79. The molecule has 0 spiro atoms. The van der Waals surface area contributed by atoms with Gasteiger partial charge in [0.2, 0.25) is 0 Å². The molecule has 0 atom stereocenters. The maximum atomic E-state index is 10.7. The van der Waals surface area contributed by atoms with Crippen LogP contribution in [0.15, 0.2) is 29.0 Å². The van der Waals surface area contributed by atoms with E-state index in [1.807, 2.05) is 0 Å². The number of fused-ring (bicyclic) bond motifs is 1. The first kappa shape index (κ1) is 8.25. The van der Waals surface area contributed by atoms with Gasteiger partial charge in [-0.05, 0) is 34.1 Å². The number of hydrogen-bond donors (Lipinski definition) is 1. The molecule has 13 heavy (non-hydrogen) atoms. The molecule has 2 aromatic rings. The summed E-state index contributed by atoms with van der Waals surface area (Å²) in [6.07, 6.45) is 1.62. The van der Waals surface area contributed by atoms with Crippen LogP contribution in [0.2, 0.25) is 0 Å². The van der Waals surface area contributed by atoms with E-state index in [4.69, 9.17) is 5.11 Å². The monoisotopic (exact) mass is 240 g/mol. The molecule has 0 aliphatic heterocycles. The molecule has 0 unspecified atom stereocenters. The van der Waals surface area contributed by atoms with Crippen molar-refractivity contribution < 1.29 is 9.90 Å². The summed E-state index contributed by atoms with van der Waals surface area (Å²) in [5.74, 6) is -0.940. The summed E-state index contributed by atoms with van der Waals surface area (Å²) < 4.78 is 2.25. The van der Waals surface area contributed by atoms with Crippen molar-refractivity contribution in [2.45, 2.75) is 0 Å². The molecule has 0 saturated heterocycles. The zero-order valence-electron chi connectivity index (χ0n) is 6.44. The molecule has 0 radical (unpaired) electrons. The number of halogens is 1. The number of carboxylic acid groups (broad SMARTS) is 1. The first-order valence-corrected chi connectivity index (χ1v) is 4.34. The Morgan fingerprint density at radius 1 is 1.54 bits per heavy atom. The first-order chi connectivity index (χ1) is 6.18. The van der Waals surface area contributed by atoms with Crippen molar-refractivity contribution in [2.75, 3.05) is 0 Å². The first-order valence-electron chi connectivity index (χ1n) is 3.55. The molecule has 4 nitrogen and oxygen atoms in total. The summed E-state index contributed by atoms with van der Waals surface area (Å²) in [5, 5.41) is 12.8. The molecule has 2 heterocycles. The molecule has 0 aliphatic carbocycles. The number of nitrogens with zero attached hydrogens (tertiary/aromatic N) is 2. The lowest BCUT2D eigenvalue weighted by molar-refractivity contribution is 0.0697. The van der Waals surface area contributed by atoms with Crippen molar-refractivity contribution in [1.29, 1.82) is 0 Å². The second-order valence-electron chi connectivity index (χ2n) is 2.54. The number of carbonyl (C=O) groups is 1. The molecule has 0 saturated carbocycles. The Kier molecular flexibility index (Phi) is 1.81. The Bertz CT molecular complexity index is 478. The van der Waals surface area contributed by atoms with E-state index < -0.39 is 5.97 Å². The van der Waals surface area contributed by atoms with Crippen molar-refractivity contribution in [3.63, 3.8) is 0 Å². The highest BCUT2D eigenvalue weighted by molar-refractivity contribution is 9.10. The van der Waals surface area contributed by atoms with Crippen molar-refractivity contribution in [2.24, 2.45) is 0 Å². The van der Waals surface area contributed by atoms with E-state index in [0.29, 0.717) is 4.60 Å². The molecule has 0 aliphatic rings. The third-order valence-electron chi connectivity index (χ3n) is 1.70. The lowest BCUT2D eigenvalue weighted by Crippen LogP contribution is -1.99. The van der Waals surface area contributed by atoms with Crippen molar-refractivity contribution in [3.05, 3.63) is 34.6 Å². The van der Waals surface area contributed by atoms with Gasteiger partial charge in [0.15, 0.2) is 0 Å². The maximum Gasteiger partial charge on any atom is 0.335 e. The summed E-state index contributed by atoms with van der Waals surface area (Å²) in [5.41, 5.74) is 1.01. The van der Waals surface area contributed by atoms with E-state index in [1.54, 1.807) is 22.8 Å². The number of aromatic nitrogens is 2. The van der Waals surface area contributed by atoms with E-state index in [2.05, 4.69) is 21.0 Å². The molecule has 1 N–H and O–H groups in total. The van der Waals surface area contributed by atoms with E-state index in [-0.39, 0.29) is 5.56 Å². The number of hydrogen-bond acceptors (Lipinski definition) is 2. The van der Waals surface area contributed by atoms with Gasteiger partial charge in [-0.3, -0.25) is 0 Å². The van der Waals surface area contributed by atoms with Crippen LogP contribution in [0.4, 0.5) is 0 Å². The molecule has 66 valence electrons. The summed E-state index contributed by atoms with van der Waals surface area (Å²) in [7, 11) is 0. The highest BCUT2D eigenvalue weighted by Gasteiger charge is 2.07. The van der Waals surface area contributed by atoms with Crippen LogP contribution in [0.3, 0.4) is 0 Å².